The van der Waals surface area contributed by atoms with Crippen LogP contribution in [-0.4, -0.2) is 54.0 Å². The first kappa shape index (κ1) is 32.6. The van der Waals surface area contributed by atoms with E-state index in [2.05, 4.69) is 10.3 Å². The van der Waals surface area contributed by atoms with Gasteiger partial charge in [0.2, 0.25) is 6.79 Å². The molecule has 0 fully saturated rings. The van der Waals surface area contributed by atoms with Gasteiger partial charge < -0.3 is 29.4 Å². The van der Waals surface area contributed by atoms with Crippen LogP contribution >= 0.6 is 0 Å². The maximum atomic E-state index is 12.6. The van der Waals surface area contributed by atoms with Crippen LogP contribution in [0.4, 0.5) is 0 Å². The third kappa shape index (κ3) is 11.2. The Bertz CT molecular complexity index is 1260. The molecule has 41 heavy (non-hydrogen) atoms. The van der Waals surface area contributed by atoms with Gasteiger partial charge in [0.15, 0.2) is 17.2 Å². The topological polar surface area (TPSA) is 133 Å². The minimum Gasteiger partial charge on any atom is -0.508 e. The maximum absolute atomic E-state index is 12.6. The van der Waals surface area contributed by atoms with E-state index in [1.807, 2.05) is 56.3 Å². The lowest BCUT2D eigenvalue weighted by Crippen LogP contribution is -2.41. The van der Waals surface area contributed by atoms with Crippen molar-refractivity contribution in [2.45, 2.75) is 53.2 Å². The molecule has 0 bridgehead atoms. The Labute approximate surface area is 240 Å². The lowest BCUT2D eigenvalue weighted by Gasteiger charge is -2.19. The Morgan fingerprint density at radius 3 is 2.15 bits per heavy atom. The molecule has 2 atom stereocenters. The molecule has 3 aromatic rings. The standard InChI is InChI=1S/C19H28N2O7.C12H10O/c1-11(2)9-12(3)28-19(24)13(4)21-18(23)16-17(27-10-26-14(5)22)15(25-6)7-8-20-16;13-12-8-6-11(7-9-12)10-4-2-1-3-5-10/h7-8,11-13H,9-10H2,1-6H3,(H,21,23);1-9,13H/t12?,13-;/m0./s1. The number of esters is 2. The maximum Gasteiger partial charge on any atom is 0.328 e. The first-order valence-corrected chi connectivity index (χ1v) is 13.2. The molecule has 10 heteroatoms. The monoisotopic (exact) mass is 566 g/mol. The van der Waals surface area contributed by atoms with E-state index in [0.29, 0.717) is 11.7 Å². The van der Waals surface area contributed by atoms with Gasteiger partial charge in [0.25, 0.3) is 5.91 Å². The number of carbonyl (C=O) groups is 3. The number of phenolic OH excluding ortho intramolecular Hbond substituents is 1. The van der Waals surface area contributed by atoms with Crippen LogP contribution in [-0.2, 0) is 19.1 Å². The van der Waals surface area contributed by atoms with Crippen LogP contribution in [0.25, 0.3) is 11.1 Å². The highest BCUT2D eigenvalue weighted by Gasteiger charge is 2.25. The number of ether oxygens (including phenoxy) is 4. The second kappa shape index (κ2) is 16.5. The molecule has 2 aromatic carbocycles. The van der Waals surface area contributed by atoms with Crippen molar-refractivity contribution in [1.29, 1.82) is 0 Å². The predicted octanol–water partition coefficient (Wildman–Crippen LogP) is 5.14. The normalized spacial score (nSPS) is 11.8. The molecule has 2 N–H and O–H groups in total. The fourth-order valence-corrected chi connectivity index (χ4v) is 3.68. The predicted molar refractivity (Wildman–Crippen MR) is 154 cm³/mol. The highest BCUT2D eigenvalue weighted by Crippen LogP contribution is 2.29. The third-order valence-electron chi connectivity index (χ3n) is 5.57. The number of benzene rings is 2. The number of hydrogen-bond acceptors (Lipinski definition) is 9. The minimum absolute atomic E-state index is 0.00232. The van der Waals surface area contributed by atoms with Gasteiger partial charge in [-0.25, -0.2) is 9.78 Å². The Morgan fingerprint density at radius 2 is 1.56 bits per heavy atom. The van der Waals surface area contributed by atoms with E-state index in [1.165, 1.54) is 38.8 Å². The number of phenols is 1. The summed E-state index contributed by atoms with van der Waals surface area (Å²) in [5.41, 5.74) is 2.18. The van der Waals surface area contributed by atoms with Crippen molar-refractivity contribution in [3.63, 3.8) is 0 Å². The minimum atomic E-state index is -0.892. The van der Waals surface area contributed by atoms with Gasteiger partial charge in [0, 0.05) is 19.2 Å². The lowest BCUT2D eigenvalue weighted by atomic mass is 10.1. The van der Waals surface area contributed by atoms with E-state index in [0.717, 1.165) is 12.0 Å². The van der Waals surface area contributed by atoms with E-state index >= 15 is 0 Å². The zero-order valence-corrected chi connectivity index (χ0v) is 24.2. The lowest BCUT2D eigenvalue weighted by molar-refractivity contribution is -0.151. The summed E-state index contributed by atoms with van der Waals surface area (Å²) in [7, 11) is 1.39. The largest absolute Gasteiger partial charge is 0.508 e. The van der Waals surface area contributed by atoms with E-state index in [1.54, 1.807) is 19.1 Å². The summed E-state index contributed by atoms with van der Waals surface area (Å²) < 4.78 is 20.6. The number of carbonyl (C=O) groups excluding carboxylic acids is 3. The zero-order valence-electron chi connectivity index (χ0n) is 24.2. The third-order valence-corrected chi connectivity index (χ3v) is 5.57. The second-order valence-corrected chi connectivity index (χ2v) is 9.57. The molecule has 0 aliphatic carbocycles. The molecular formula is C31H38N2O8. The van der Waals surface area contributed by atoms with Gasteiger partial charge in [-0.3, -0.25) is 9.59 Å². The fraction of sp³-hybridized carbons (Fsp3) is 0.355. The molecule has 0 spiro atoms. The average Bonchev–Trinajstić information content (AvgIpc) is 2.93. The number of rotatable bonds is 11. The molecule has 220 valence electrons. The second-order valence-electron chi connectivity index (χ2n) is 9.57. The quantitative estimate of drug-likeness (QED) is 0.239. The number of aromatic hydroxyl groups is 1. The van der Waals surface area contributed by atoms with Crippen LogP contribution in [0, 0.1) is 5.92 Å². The number of pyridine rings is 1. The molecule has 0 saturated heterocycles. The highest BCUT2D eigenvalue weighted by molar-refractivity contribution is 5.98. The summed E-state index contributed by atoms with van der Waals surface area (Å²) in [6, 6.07) is 17.9. The Kier molecular flexibility index (Phi) is 13.1. The Hall–Kier alpha value is -4.60. The van der Waals surface area contributed by atoms with E-state index in [9.17, 15) is 14.4 Å². The number of aromatic nitrogens is 1. The van der Waals surface area contributed by atoms with Gasteiger partial charge in [-0.05, 0) is 49.4 Å². The molecule has 1 amide bonds. The van der Waals surface area contributed by atoms with Crippen molar-refractivity contribution in [3.05, 3.63) is 72.6 Å². The Balaban J connectivity index is 0.000000372. The molecule has 1 unspecified atom stereocenters. The van der Waals surface area contributed by atoms with E-state index in [-0.39, 0.29) is 23.3 Å². The molecule has 0 saturated carbocycles. The summed E-state index contributed by atoms with van der Waals surface area (Å²) in [5, 5.41) is 11.6. The number of amides is 1. The van der Waals surface area contributed by atoms with Crippen LogP contribution < -0.4 is 14.8 Å². The van der Waals surface area contributed by atoms with E-state index in [4.69, 9.17) is 24.1 Å². The number of nitrogens with zero attached hydrogens (tertiary/aromatic N) is 1. The molecule has 0 aliphatic rings. The number of hydrogen-bond donors (Lipinski definition) is 2. The molecular weight excluding hydrogens is 528 g/mol. The smallest absolute Gasteiger partial charge is 0.328 e. The first-order chi connectivity index (χ1) is 19.5. The zero-order chi connectivity index (χ0) is 30.4. The van der Waals surface area contributed by atoms with Gasteiger partial charge in [0.05, 0.1) is 13.2 Å². The average molecular weight is 567 g/mol. The van der Waals surface area contributed by atoms with E-state index < -0.39 is 30.7 Å². The molecule has 3 rings (SSSR count). The molecule has 0 radical (unpaired) electrons. The summed E-state index contributed by atoms with van der Waals surface area (Å²) in [6.45, 7) is 8.19. The van der Waals surface area contributed by atoms with Crippen LogP contribution in [0.5, 0.6) is 17.2 Å². The Morgan fingerprint density at radius 1 is 0.927 bits per heavy atom. The summed E-state index contributed by atoms with van der Waals surface area (Å²) >= 11 is 0. The van der Waals surface area contributed by atoms with Crippen molar-refractivity contribution in [1.82, 2.24) is 10.3 Å². The van der Waals surface area contributed by atoms with Crippen LogP contribution in [0.2, 0.25) is 0 Å². The van der Waals surface area contributed by atoms with Crippen LogP contribution in [0.1, 0.15) is 51.5 Å². The van der Waals surface area contributed by atoms with Crippen molar-refractivity contribution in [2.24, 2.45) is 5.92 Å². The summed E-state index contributed by atoms with van der Waals surface area (Å²) in [6.07, 6.45) is 1.82. The van der Waals surface area contributed by atoms with Crippen LogP contribution in [0.15, 0.2) is 66.9 Å². The number of methoxy groups -OCH3 is 1. The number of nitrogens with one attached hydrogen (secondary N) is 1. The first-order valence-electron chi connectivity index (χ1n) is 13.2. The van der Waals surface area contributed by atoms with Crippen molar-refractivity contribution in [2.75, 3.05) is 13.9 Å². The van der Waals surface area contributed by atoms with Crippen molar-refractivity contribution >= 4 is 17.8 Å². The molecule has 1 aromatic heterocycles. The SMILES string of the molecule is COc1ccnc(C(=O)N[C@@H](C)C(=O)OC(C)CC(C)C)c1OCOC(C)=O.Oc1ccc(-c2ccccc2)cc1. The van der Waals surface area contributed by atoms with Gasteiger partial charge in [-0.15, -0.1) is 0 Å². The summed E-state index contributed by atoms with van der Waals surface area (Å²) in [5.74, 6) is -0.832. The summed E-state index contributed by atoms with van der Waals surface area (Å²) in [4.78, 5) is 39.7. The van der Waals surface area contributed by atoms with Gasteiger partial charge in [-0.2, -0.15) is 0 Å². The molecule has 1 heterocycles. The van der Waals surface area contributed by atoms with Crippen molar-refractivity contribution in [3.8, 4) is 28.4 Å². The van der Waals surface area contributed by atoms with Gasteiger partial charge in [0.1, 0.15) is 11.8 Å². The fourth-order valence-electron chi connectivity index (χ4n) is 3.68. The highest BCUT2D eigenvalue weighted by atomic mass is 16.7. The molecule has 10 nitrogen and oxygen atoms in total. The molecule has 0 aliphatic heterocycles. The van der Waals surface area contributed by atoms with Crippen molar-refractivity contribution < 1.29 is 38.4 Å². The van der Waals surface area contributed by atoms with Crippen LogP contribution in [0.3, 0.4) is 0 Å². The van der Waals surface area contributed by atoms with Gasteiger partial charge in [-0.1, -0.05) is 56.3 Å². The van der Waals surface area contributed by atoms with Gasteiger partial charge >= 0.3 is 11.9 Å².